The van der Waals surface area contributed by atoms with Crippen LogP contribution >= 0.6 is 11.6 Å². The number of hydrogen-bond donors (Lipinski definition) is 2. The molecule has 1 fully saturated rings. The highest BCUT2D eigenvalue weighted by atomic mass is 35.5. The van der Waals surface area contributed by atoms with E-state index in [0.717, 1.165) is 24.3 Å². The van der Waals surface area contributed by atoms with E-state index in [1.807, 2.05) is 19.1 Å². The Hall–Kier alpha value is -1.01. The van der Waals surface area contributed by atoms with E-state index in [-0.39, 0.29) is 6.04 Å². The lowest BCUT2D eigenvalue weighted by Crippen LogP contribution is -2.52. The molecule has 0 amide bonds. The number of rotatable bonds is 5. The summed E-state index contributed by atoms with van der Waals surface area (Å²) in [6.07, 6.45) is 2.17. The van der Waals surface area contributed by atoms with Crippen molar-refractivity contribution in [3.8, 4) is 11.5 Å². The lowest BCUT2D eigenvalue weighted by Gasteiger charge is -2.37. The maximum Gasteiger partial charge on any atom is 0.179 e. The summed E-state index contributed by atoms with van der Waals surface area (Å²) in [5, 5.41) is 14.7. The van der Waals surface area contributed by atoms with Crippen molar-refractivity contribution in [1.82, 2.24) is 5.32 Å². The second-order valence-corrected chi connectivity index (χ2v) is 6.65. The first kappa shape index (κ1) is 16.8. The summed E-state index contributed by atoms with van der Waals surface area (Å²) in [7, 11) is 0. The van der Waals surface area contributed by atoms with Crippen LogP contribution in [0.3, 0.4) is 0 Å². The zero-order valence-corrected chi connectivity index (χ0v) is 14.2. The van der Waals surface area contributed by atoms with Crippen LogP contribution in [-0.4, -0.2) is 49.7 Å². The first-order valence-corrected chi connectivity index (χ1v) is 8.58. The molecule has 3 rings (SSSR count). The molecule has 0 radical (unpaired) electrons. The molecule has 1 unspecified atom stereocenters. The van der Waals surface area contributed by atoms with Crippen LogP contribution in [0.2, 0.25) is 5.02 Å². The monoisotopic (exact) mass is 341 g/mol. The Morgan fingerprint density at radius 3 is 2.74 bits per heavy atom. The van der Waals surface area contributed by atoms with E-state index in [4.69, 9.17) is 25.8 Å². The third-order valence-corrected chi connectivity index (χ3v) is 4.97. The molecule has 0 spiro atoms. The van der Waals surface area contributed by atoms with Gasteiger partial charge in [0.25, 0.3) is 0 Å². The summed E-state index contributed by atoms with van der Waals surface area (Å²) >= 11 is 6.25. The third kappa shape index (κ3) is 3.91. The molecule has 2 heterocycles. The van der Waals surface area contributed by atoms with E-state index >= 15 is 0 Å². The maximum atomic E-state index is 10.6. The van der Waals surface area contributed by atoms with Crippen LogP contribution in [0.1, 0.15) is 25.3 Å². The highest BCUT2D eigenvalue weighted by molar-refractivity contribution is 6.32. The van der Waals surface area contributed by atoms with Gasteiger partial charge in [-0.05, 0) is 37.6 Å². The number of ether oxygens (including phenoxy) is 3. The largest absolute Gasteiger partial charge is 0.486 e. The fourth-order valence-electron chi connectivity index (χ4n) is 3.09. The Kier molecular flexibility index (Phi) is 5.31. The molecule has 1 saturated heterocycles. The van der Waals surface area contributed by atoms with Crippen LogP contribution in [0.15, 0.2) is 12.1 Å². The molecule has 2 aliphatic rings. The topological polar surface area (TPSA) is 60.0 Å². The molecule has 0 aliphatic carbocycles. The summed E-state index contributed by atoms with van der Waals surface area (Å²) in [4.78, 5) is 0. The van der Waals surface area contributed by atoms with E-state index in [9.17, 15) is 5.11 Å². The molecule has 2 aliphatic heterocycles. The van der Waals surface area contributed by atoms with Gasteiger partial charge >= 0.3 is 0 Å². The molecule has 1 aromatic carbocycles. The molecule has 5 nitrogen and oxygen atoms in total. The van der Waals surface area contributed by atoms with Crippen molar-refractivity contribution in [1.29, 1.82) is 0 Å². The van der Waals surface area contributed by atoms with Crippen molar-refractivity contribution < 1.29 is 19.3 Å². The van der Waals surface area contributed by atoms with Crippen LogP contribution in [0.4, 0.5) is 0 Å². The van der Waals surface area contributed by atoms with Crippen LogP contribution in [-0.2, 0) is 11.2 Å². The average molecular weight is 342 g/mol. The van der Waals surface area contributed by atoms with Crippen molar-refractivity contribution in [3.63, 3.8) is 0 Å². The first-order valence-electron chi connectivity index (χ1n) is 8.20. The lowest BCUT2D eigenvalue weighted by molar-refractivity contribution is -0.0815. The molecule has 23 heavy (non-hydrogen) atoms. The number of hydrogen-bond acceptors (Lipinski definition) is 5. The second kappa shape index (κ2) is 7.26. The second-order valence-electron chi connectivity index (χ2n) is 6.24. The van der Waals surface area contributed by atoms with Gasteiger partial charge in [-0.2, -0.15) is 0 Å². The van der Waals surface area contributed by atoms with Crippen molar-refractivity contribution in [2.75, 3.05) is 33.0 Å². The fourth-order valence-corrected chi connectivity index (χ4v) is 3.38. The van der Waals surface area contributed by atoms with Crippen LogP contribution in [0, 0.1) is 0 Å². The Bertz CT molecular complexity index is 546. The molecular formula is C17H24ClNO4. The Morgan fingerprint density at radius 1 is 1.22 bits per heavy atom. The smallest absolute Gasteiger partial charge is 0.179 e. The predicted octanol–water partition coefficient (Wildman–Crippen LogP) is 2.17. The van der Waals surface area contributed by atoms with Crippen molar-refractivity contribution in [2.24, 2.45) is 0 Å². The van der Waals surface area contributed by atoms with Gasteiger partial charge in [0.05, 0.1) is 10.6 Å². The van der Waals surface area contributed by atoms with E-state index in [0.29, 0.717) is 50.0 Å². The highest BCUT2D eigenvalue weighted by Crippen LogP contribution is 2.38. The van der Waals surface area contributed by atoms with Crippen molar-refractivity contribution >= 4 is 11.6 Å². The summed E-state index contributed by atoms with van der Waals surface area (Å²) < 4.78 is 16.5. The summed E-state index contributed by atoms with van der Waals surface area (Å²) in [6.45, 7) is 5.13. The number of benzene rings is 1. The first-order chi connectivity index (χ1) is 11.1. The molecule has 0 aromatic heterocycles. The van der Waals surface area contributed by atoms with Gasteiger partial charge in [-0.3, -0.25) is 0 Å². The molecule has 128 valence electrons. The highest BCUT2D eigenvalue weighted by Gasteiger charge is 2.35. The predicted molar refractivity (Wildman–Crippen MR) is 88.6 cm³/mol. The quantitative estimate of drug-likeness (QED) is 0.859. The van der Waals surface area contributed by atoms with Gasteiger partial charge in [0, 0.05) is 32.1 Å². The molecule has 0 bridgehead atoms. The number of fused-ring (bicyclic) bond motifs is 1. The third-order valence-electron chi connectivity index (χ3n) is 4.69. The standard InChI is InChI=1S/C17H24ClNO4/c1-12(17(20)3-6-21-7-4-17)19-5-2-13-10-14(18)16-15(11-13)22-8-9-23-16/h10-12,19-20H,2-9H2,1H3. The van der Waals surface area contributed by atoms with E-state index in [2.05, 4.69) is 5.32 Å². The molecule has 1 atom stereocenters. The molecule has 0 saturated carbocycles. The van der Waals surface area contributed by atoms with Crippen LogP contribution < -0.4 is 14.8 Å². The number of aliphatic hydroxyl groups is 1. The minimum Gasteiger partial charge on any atom is -0.486 e. The van der Waals surface area contributed by atoms with Gasteiger partial charge in [-0.1, -0.05) is 11.6 Å². The molecule has 6 heteroatoms. The zero-order valence-electron chi connectivity index (χ0n) is 13.4. The minimum absolute atomic E-state index is 0.0269. The molecule has 2 N–H and O–H groups in total. The van der Waals surface area contributed by atoms with Gasteiger partial charge in [0.15, 0.2) is 11.5 Å². The van der Waals surface area contributed by atoms with Gasteiger partial charge in [-0.15, -0.1) is 0 Å². The van der Waals surface area contributed by atoms with E-state index in [1.54, 1.807) is 0 Å². The SMILES string of the molecule is CC(NCCc1cc(Cl)c2c(c1)OCCO2)C1(O)CCOCC1. The lowest BCUT2D eigenvalue weighted by atomic mass is 9.87. The van der Waals surface area contributed by atoms with Crippen LogP contribution in [0.5, 0.6) is 11.5 Å². The summed E-state index contributed by atoms with van der Waals surface area (Å²) in [5.74, 6) is 1.36. The Balaban J connectivity index is 1.55. The van der Waals surface area contributed by atoms with E-state index in [1.165, 1.54) is 0 Å². The van der Waals surface area contributed by atoms with Gasteiger partial charge < -0.3 is 24.6 Å². The zero-order chi connectivity index (χ0) is 16.3. The fraction of sp³-hybridized carbons (Fsp3) is 0.647. The molecular weight excluding hydrogens is 318 g/mol. The summed E-state index contributed by atoms with van der Waals surface area (Å²) in [6, 6.07) is 3.93. The van der Waals surface area contributed by atoms with Crippen LogP contribution in [0.25, 0.3) is 0 Å². The van der Waals surface area contributed by atoms with Crippen molar-refractivity contribution in [3.05, 3.63) is 22.7 Å². The van der Waals surface area contributed by atoms with Gasteiger partial charge in [-0.25, -0.2) is 0 Å². The maximum absolute atomic E-state index is 10.6. The minimum atomic E-state index is -0.678. The number of nitrogens with one attached hydrogen (secondary N) is 1. The normalized spacial score (nSPS) is 21.0. The Morgan fingerprint density at radius 2 is 1.96 bits per heavy atom. The van der Waals surface area contributed by atoms with E-state index < -0.39 is 5.60 Å². The number of halogens is 1. The van der Waals surface area contributed by atoms with Gasteiger partial charge in [0.1, 0.15) is 13.2 Å². The summed E-state index contributed by atoms with van der Waals surface area (Å²) in [5.41, 5.74) is 0.417. The molecule has 1 aromatic rings. The van der Waals surface area contributed by atoms with Crippen molar-refractivity contribution in [2.45, 2.75) is 37.8 Å². The average Bonchev–Trinajstić information content (AvgIpc) is 2.55. The van der Waals surface area contributed by atoms with Gasteiger partial charge in [0.2, 0.25) is 0 Å². The Labute approximate surface area is 141 Å².